The largest absolute Gasteiger partial charge is 0.369 e. The second kappa shape index (κ2) is 5.35. The molecule has 92 valence electrons. The van der Waals surface area contributed by atoms with Crippen LogP contribution < -0.4 is 4.90 Å². The van der Waals surface area contributed by atoms with Crippen LogP contribution in [0.3, 0.4) is 0 Å². The standard InChI is InChI=1S/C13H17IN2O/c1-15(2)10-6-7-16(8-10)13-5-3-4-12(14)11(13)9-17/h3-5,9-10H,6-8H2,1-2H3/t10-/m0/s1. The highest BCUT2D eigenvalue weighted by molar-refractivity contribution is 14.1. The van der Waals surface area contributed by atoms with Crippen molar-refractivity contribution in [1.29, 1.82) is 0 Å². The van der Waals surface area contributed by atoms with E-state index in [1.54, 1.807) is 0 Å². The lowest BCUT2D eigenvalue weighted by Gasteiger charge is -2.23. The number of carbonyl (C=O) groups is 1. The first kappa shape index (κ1) is 12.8. The van der Waals surface area contributed by atoms with Crippen molar-refractivity contribution in [3.8, 4) is 0 Å². The third-order valence-corrected chi connectivity index (χ3v) is 4.32. The van der Waals surface area contributed by atoms with Gasteiger partial charge in [0.05, 0.1) is 5.56 Å². The number of aldehydes is 1. The van der Waals surface area contributed by atoms with Gasteiger partial charge in [0.2, 0.25) is 0 Å². The fourth-order valence-corrected chi connectivity index (χ4v) is 2.91. The molecule has 1 fully saturated rings. The van der Waals surface area contributed by atoms with Crippen LogP contribution in [-0.4, -0.2) is 44.4 Å². The Bertz CT molecular complexity index is 420. The van der Waals surface area contributed by atoms with Gasteiger partial charge in [0, 0.05) is 28.4 Å². The summed E-state index contributed by atoms with van der Waals surface area (Å²) in [5.41, 5.74) is 1.91. The van der Waals surface area contributed by atoms with Crippen LogP contribution in [0.1, 0.15) is 16.8 Å². The van der Waals surface area contributed by atoms with Crippen LogP contribution in [0.25, 0.3) is 0 Å². The number of anilines is 1. The van der Waals surface area contributed by atoms with Crippen LogP contribution in [0.15, 0.2) is 18.2 Å². The number of benzene rings is 1. The van der Waals surface area contributed by atoms with Gasteiger partial charge in [-0.25, -0.2) is 0 Å². The molecular formula is C13H17IN2O. The van der Waals surface area contributed by atoms with Gasteiger partial charge >= 0.3 is 0 Å². The molecular weight excluding hydrogens is 327 g/mol. The lowest BCUT2D eigenvalue weighted by molar-refractivity contribution is 0.112. The maximum absolute atomic E-state index is 11.2. The van der Waals surface area contributed by atoms with Crippen LogP contribution in [-0.2, 0) is 0 Å². The Morgan fingerprint density at radius 1 is 1.47 bits per heavy atom. The minimum Gasteiger partial charge on any atom is -0.369 e. The quantitative estimate of drug-likeness (QED) is 0.621. The van der Waals surface area contributed by atoms with Gasteiger partial charge in [-0.15, -0.1) is 0 Å². The molecule has 0 amide bonds. The normalized spacial score (nSPS) is 20.0. The number of likely N-dealkylation sites (N-methyl/N-ethyl adjacent to an activating group) is 1. The van der Waals surface area contributed by atoms with E-state index < -0.39 is 0 Å². The number of rotatable bonds is 3. The van der Waals surface area contributed by atoms with Gasteiger partial charge in [-0.1, -0.05) is 6.07 Å². The van der Waals surface area contributed by atoms with Crippen LogP contribution >= 0.6 is 22.6 Å². The molecule has 0 aromatic heterocycles. The fraction of sp³-hybridized carbons (Fsp3) is 0.462. The van der Waals surface area contributed by atoms with Crippen molar-refractivity contribution in [2.75, 3.05) is 32.1 Å². The third-order valence-electron chi connectivity index (χ3n) is 3.38. The lowest BCUT2D eigenvalue weighted by atomic mass is 10.2. The highest BCUT2D eigenvalue weighted by atomic mass is 127. The molecule has 0 saturated carbocycles. The molecule has 1 aliphatic heterocycles. The van der Waals surface area contributed by atoms with Crippen molar-refractivity contribution in [2.24, 2.45) is 0 Å². The lowest BCUT2D eigenvalue weighted by Crippen LogP contribution is -2.31. The first-order valence-corrected chi connectivity index (χ1v) is 6.86. The summed E-state index contributed by atoms with van der Waals surface area (Å²) >= 11 is 2.22. The first-order valence-electron chi connectivity index (χ1n) is 5.78. The van der Waals surface area contributed by atoms with Gasteiger partial charge in [-0.05, 0) is 55.2 Å². The summed E-state index contributed by atoms with van der Waals surface area (Å²) < 4.78 is 1.03. The summed E-state index contributed by atoms with van der Waals surface area (Å²) in [4.78, 5) is 15.8. The average molecular weight is 344 g/mol. The molecule has 1 aromatic rings. The number of hydrogen-bond donors (Lipinski definition) is 0. The van der Waals surface area contributed by atoms with Gasteiger partial charge in [0.15, 0.2) is 6.29 Å². The van der Waals surface area contributed by atoms with E-state index in [2.05, 4.69) is 46.5 Å². The Balaban J connectivity index is 2.24. The molecule has 1 atom stereocenters. The van der Waals surface area contributed by atoms with Gasteiger partial charge in [-0.2, -0.15) is 0 Å². The molecule has 1 aromatic carbocycles. The zero-order valence-electron chi connectivity index (χ0n) is 10.2. The maximum atomic E-state index is 11.2. The molecule has 2 rings (SSSR count). The van der Waals surface area contributed by atoms with Crippen LogP contribution in [0, 0.1) is 3.57 Å². The summed E-state index contributed by atoms with van der Waals surface area (Å²) in [6.45, 7) is 2.04. The summed E-state index contributed by atoms with van der Waals surface area (Å²) in [6.07, 6.45) is 2.14. The zero-order valence-corrected chi connectivity index (χ0v) is 12.3. The molecule has 17 heavy (non-hydrogen) atoms. The molecule has 3 nitrogen and oxygen atoms in total. The Kier molecular flexibility index (Phi) is 4.04. The monoisotopic (exact) mass is 344 g/mol. The topological polar surface area (TPSA) is 23.6 Å². The minimum atomic E-state index is 0.590. The number of halogens is 1. The number of nitrogens with zero attached hydrogens (tertiary/aromatic N) is 2. The van der Waals surface area contributed by atoms with E-state index in [-0.39, 0.29) is 0 Å². The number of carbonyl (C=O) groups excluding carboxylic acids is 1. The van der Waals surface area contributed by atoms with Gasteiger partial charge in [-0.3, -0.25) is 4.79 Å². The van der Waals surface area contributed by atoms with Gasteiger partial charge < -0.3 is 9.80 Å². The molecule has 0 bridgehead atoms. The second-order valence-electron chi connectivity index (χ2n) is 4.64. The summed E-state index contributed by atoms with van der Waals surface area (Å²) in [6, 6.07) is 6.64. The van der Waals surface area contributed by atoms with Crippen molar-refractivity contribution in [3.05, 3.63) is 27.3 Å². The Morgan fingerprint density at radius 2 is 2.24 bits per heavy atom. The first-order chi connectivity index (χ1) is 8.13. The molecule has 1 saturated heterocycles. The molecule has 0 N–H and O–H groups in total. The molecule has 0 radical (unpaired) electrons. The highest BCUT2D eigenvalue weighted by Gasteiger charge is 2.25. The predicted octanol–water partition coefficient (Wildman–Crippen LogP) is 2.24. The van der Waals surface area contributed by atoms with Crippen LogP contribution in [0.5, 0.6) is 0 Å². The van der Waals surface area contributed by atoms with E-state index in [9.17, 15) is 4.79 Å². The molecule has 4 heteroatoms. The van der Waals surface area contributed by atoms with E-state index in [0.717, 1.165) is 40.6 Å². The fourth-order valence-electron chi connectivity index (χ4n) is 2.30. The smallest absolute Gasteiger partial charge is 0.153 e. The van der Waals surface area contributed by atoms with Crippen LogP contribution in [0.2, 0.25) is 0 Å². The van der Waals surface area contributed by atoms with E-state index in [0.29, 0.717) is 6.04 Å². The van der Waals surface area contributed by atoms with E-state index in [1.807, 2.05) is 18.2 Å². The molecule has 0 spiro atoms. The Hall–Kier alpha value is -0.620. The zero-order chi connectivity index (χ0) is 12.4. The predicted molar refractivity (Wildman–Crippen MR) is 78.9 cm³/mol. The summed E-state index contributed by atoms with van der Waals surface area (Å²) in [5, 5.41) is 0. The highest BCUT2D eigenvalue weighted by Crippen LogP contribution is 2.27. The summed E-state index contributed by atoms with van der Waals surface area (Å²) in [5.74, 6) is 0. The number of hydrogen-bond acceptors (Lipinski definition) is 3. The van der Waals surface area contributed by atoms with Crippen LogP contribution in [0.4, 0.5) is 5.69 Å². The summed E-state index contributed by atoms with van der Waals surface area (Å²) in [7, 11) is 4.23. The van der Waals surface area contributed by atoms with E-state index in [4.69, 9.17) is 0 Å². The second-order valence-corrected chi connectivity index (χ2v) is 5.80. The van der Waals surface area contributed by atoms with Gasteiger partial charge in [0.25, 0.3) is 0 Å². The van der Waals surface area contributed by atoms with Crippen molar-refractivity contribution in [3.63, 3.8) is 0 Å². The maximum Gasteiger partial charge on any atom is 0.153 e. The SMILES string of the molecule is CN(C)[C@H]1CCN(c2cccc(I)c2C=O)C1. The molecule has 0 unspecified atom stereocenters. The van der Waals surface area contributed by atoms with E-state index >= 15 is 0 Å². The van der Waals surface area contributed by atoms with Crippen molar-refractivity contribution in [2.45, 2.75) is 12.5 Å². The van der Waals surface area contributed by atoms with Crippen molar-refractivity contribution < 1.29 is 4.79 Å². The average Bonchev–Trinajstić information content (AvgIpc) is 2.77. The Morgan fingerprint density at radius 3 is 2.82 bits per heavy atom. The third kappa shape index (κ3) is 2.63. The Labute approximate surface area is 116 Å². The van der Waals surface area contributed by atoms with Crippen molar-refractivity contribution >= 4 is 34.6 Å². The molecule has 0 aliphatic carbocycles. The van der Waals surface area contributed by atoms with Crippen molar-refractivity contribution in [1.82, 2.24) is 4.90 Å². The molecule has 1 aliphatic rings. The minimum absolute atomic E-state index is 0.590. The van der Waals surface area contributed by atoms with Gasteiger partial charge in [0.1, 0.15) is 0 Å². The van der Waals surface area contributed by atoms with E-state index in [1.165, 1.54) is 0 Å². The molecule has 1 heterocycles.